The highest BCUT2D eigenvalue weighted by Crippen LogP contribution is 2.25. The van der Waals surface area contributed by atoms with E-state index in [4.69, 9.17) is 0 Å². The number of thiophene rings is 1. The third-order valence-corrected chi connectivity index (χ3v) is 2.85. The van der Waals surface area contributed by atoms with Crippen LogP contribution < -0.4 is 0 Å². The van der Waals surface area contributed by atoms with E-state index in [1.54, 1.807) is 11.3 Å². The van der Waals surface area contributed by atoms with Gasteiger partial charge >= 0.3 is 0 Å². The van der Waals surface area contributed by atoms with Crippen molar-refractivity contribution in [1.29, 1.82) is 0 Å². The van der Waals surface area contributed by atoms with Gasteiger partial charge in [0.1, 0.15) is 0 Å². The van der Waals surface area contributed by atoms with E-state index in [1.807, 2.05) is 5.38 Å². The van der Waals surface area contributed by atoms with Crippen molar-refractivity contribution in [3.63, 3.8) is 0 Å². The molecule has 0 fully saturated rings. The van der Waals surface area contributed by atoms with E-state index in [0.717, 1.165) is 24.1 Å². The maximum Gasteiger partial charge on any atom is 0.173 e. The van der Waals surface area contributed by atoms with Crippen molar-refractivity contribution < 1.29 is 4.79 Å². The van der Waals surface area contributed by atoms with Crippen molar-refractivity contribution in [2.24, 2.45) is 0 Å². The molecule has 0 aliphatic heterocycles. The van der Waals surface area contributed by atoms with Gasteiger partial charge < -0.3 is 0 Å². The summed E-state index contributed by atoms with van der Waals surface area (Å²) in [6.45, 7) is 0. The number of carbonyl (C=O) groups is 1. The summed E-state index contributed by atoms with van der Waals surface area (Å²) in [7, 11) is 0. The minimum atomic E-state index is 0.344. The molecule has 0 bridgehead atoms. The van der Waals surface area contributed by atoms with Crippen LogP contribution in [0.1, 0.15) is 28.1 Å². The topological polar surface area (TPSA) is 17.1 Å². The third-order valence-electron chi connectivity index (χ3n) is 1.85. The number of aryl methyl sites for hydroxylation is 1. The van der Waals surface area contributed by atoms with Crippen molar-refractivity contribution in [1.82, 2.24) is 0 Å². The molecule has 0 saturated heterocycles. The van der Waals surface area contributed by atoms with Crippen LogP contribution in [0, 0.1) is 0 Å². The Hall–Kier alpha value is -0.630. The SMILES string of the molecule is O=C1CCCc2ccsc21. The van der Waals surface area contributed by atoms with E-state index in [1.165, 1.54) is 5.56 Å². The first-order valence-corrected chi connectivity index (χ1v) is 4.35. The molecule has 1 aromatic rings. The average Bonchev–Trinajstić information content (AvgIpc) is 2.36. The van der Waals surface area contributed by atoms with Crippen LogP contribution in [0.3, 0.4) is 0 Å². The molecule has 1 nitrogen and oxygen atoms in total. The highest BCUT2D eigenvalue weighted by molar-refractivity contribution is 7.12. The molecular formula is C8H8OS. The van der Waals surface area contributed by atoms with Gasteiger partial charge in [-0.25, -0.2) is 0 Å². The number of hydrogen-bond donors (Lipinski definition) is 0. The summed E-state index contributed by atoms with van der Waals surface area (Å²) in [5.74, 6) is 0.344. The quantitative estimate of drug-likeness (QED) is 0.557. The first kappa shape index (κ1) is 6.10. The highest BCUT2D eigenvalue weighted by atomic mass is 32.1. The van der Waals surface area contributed by atoms with Crippen molar-refractivity contribution in [2.75, 3.05) is 0 Å². The molecule has 0 spiro atoms. The molecule has 2 heteroatoms. The van der Waals surface area contributed by atoms with E-state index < -0.39 is 0 Å². The summed E-state index contributed by atoms with van der Waals surface area (Å²) in [6, 6.07) is 2.07. The zero-order valence-electron chi connectivity index (χ0n) is 5.59. The van der Waals surface area contributed by atoms with Crippen molar-refractivity contribution >= 4 is 17.1 Å². The van der Waals surface area contributed by atoms with E-state index in [9.17, 15) is 4.79 Å². The first-order chi connectivity index (χ1) is 4.88. The van der Waals surface area contributed by atoms with E-state index in [-0.39, 0.29) is 0 Å². The highest BCUT2D eigenvalue weighted by Gasteiger charge is 2.17. The number of rotatable bonds is 0. The standard InChI is InChI=1S/C8H8OS/c9-7-3-1-2-6-4-5-10-8(6)7/h4-5H,1-3H2. The fraction of sp³-hybridized carbons (Fsp3) is 0.375. The van der Waals surface area contributed by atoms with Crippen LogP contribution >= 0.6 is 11.3 Å². The predicted molar refractivity (Wildman–Crippen MR) is 41.6 cm³/mol. The minimum absolute atomic E-state index is 0.344. The van der Waals surface area contributed by atoms with Gasteiger partial charge in [-0.1, -0.05) is 0 Å². The zero-order chi connectivity index (χ0) is 6.97. The molecule has 0 N–H and O–H groups in total. The molecule has 52 valence electrons. The van der Waals surface area contributed by atoms with Gasteiger partial charge in [0.05, 0.1) is 4.88 Å². The van der Waals surface area contributed by atoms with Crippen molar-refractivity contribution in [2.45, 2.75) is 19.3 Å². The fourth-order valence-electron chi connectivity index (χ4n) is 1.33. The van der Waals surface area contributed by atoms with Crippen LogP contribution in [0.15, 0.2) is 11.4 Å². The second kappa shape index (κ2) is 2.20. The molecular weight excluding hydrogens is 144 g/mol. The Labute approximate surface area is 63.7 Å². The number of carbonyl (C=O) groups excluding carboxylic acids is 1. The average molecular weight is 152 g/mol. The Balaban J connectivity index is 2.50. The minimum Gasteiger partial charge on any atom is -0.293 e. The van der Waals surface area contributed by atoms with Crippen LogP contribution in [0.25, 0.3) is 0 Å². The predicted octanol–water partition coefficient (Wildman–Crippen LogP) is 2.27. The molecule has 0 radical (unpaired) electrons. The Kier molecular flexibility index (Phi) is 1.34. The second-order valence-corrected chi connectivity index (χ2v) is 3.47. The molecule has 0 saturated carbocycles. The second-order valence-electron chi connectivity index (χ2n) is 2.55. The maximum absolute atomic E-state index is 11.2. The van der Waals surface area contributed by atoms with Gasteiger partial charge in [0.2, 0.25) is 0 Å². The number of fused-ring (bicyclic) bond motifs is 1. The van der Waals surface area contributed by atoms with Gasteiger partial charge in [-0.15, -0.1) is 11.3 Å². The number of ketones is 1. The van der Waals surface area contributed by atoms with Gasteiger partial charge in [0, 0.05) is 6.42 Å². The largest absolute Gasteiger partial charge is 0.293 e. The lowest BCUT2D eigenvalue weighted by molar-refractivity contribution is 0.0977. The Morgan fingerprint density at radius 3 is 3.10 bits per heavy atom. The van der Waals surface area contributed by atoms with Gasteiger partial charge in [-0.05, 0) is 29.9 Å². The van der Waals surface area contributed by atoms with Crippen LogP contribution in [0.4, 0.5) is 0 Å². The summed E-state index contributed by atoms with van der Waals surface area (Å²) < 4.78 is 0. The molecule has 0 atom stereocenters. The summed E-state index contributed by atoms with van der Waals surface area (Å²) >= 11 is 1.58. The van der Waals surface area contributed by atoms with Crippen LogP contribution in [0.2, 0.25) is 0 Å². The van der Waals surface area contributed by atoms with Gasteiger partial charge in [0.25, 0.3) is 0 Å². The molecule has 0 aromatic carbocycles. The third kappa shape index (κ3) is 0.797. The lowest BCUT2D eigenvalue weighted by atomic mass is 9.99. The van der Waals surface area contributed by atoms with Gasteiger partial charge in [-0.2, -0.15) is 0 Å². The summed E-state index contributed by atoms with van der Waals surface area (Å²) in [6.07, 6.45) is 2.90. The molecule has 1 aromatic heterocycles. The normalized spacial score (nSPS) is 17.0. The molecule has 0 amide bonds. The smallest absolute Gasteiger partial charge is 0.173 e. The monoisotopic (exact) mass is 152 g/mol. The first-order valence-electron chi connectivity index (χ1n) is 3.47. The molecule has 1 heterocycles. The van der Waals surface area contributed by atoms with Crippen LogP contribution in [-0.4, -0.2) is 5.78 Å². The fourth-order valence-corrected chi connectivity index (χ4v) is 2.25. The van der Waals surface area contributed by atoms with E-state index >= 15 is 0 Å². The van der Waals surface area contributed by atoms with E-state index in [0.29, 0.717) is 5.78 Å². The van der Waals surface area contributed by atoms with Crippen LogP contribution in [-0.2, 0) is 6.42 Å². The molecule has 10 heavy (non-hydrogen) atoms. The number of Topliss-reactive ketones (excluding diaryl/α,β-unsaturated/α-hetero) is 1. The molecule has 2 rings (SSSR count). The Morgan fingerprint density at radius 2 is 2.30 bits per heavy atom. The molecule has 0 unspecified atom stereocenters. The van der Waals surface area contributed by atoms with Gasteiger partial charge in [-0.3, -0.25) is 4.79 Å². The molecule has 1 aliphatic carbocycles. The Morgan fingerprint density at radius 1 is 1.40 bits per heavy atom. The number of hydrogen-bond acceptors (Lipinski definition) is 2. The van der Waals surface area contributed by atoms with Gasteiger partial charge in [0.15, 0.2) is 5.78 Å². The summed E-state index contributed by atoms with van der Waals surface area (Å²) in [5, 5.41) is 2.01. The van der Waals surface area contributed by atoms with Crippen molar-refractivity contribution in [3.05, 3.63) is 21.9 Å². The summed E-state index contributed by atoms with van der Waals surface area (Å²) in [5.41, 5.74) is 1.27. The maximum atomic E-state index is 11.2. The zero-order valence-corrected chi connectivity index (χ0v) is 6.41. The van der Waals surface area contributed by atoms with Crippen LogP contribution in [0.5, 0.6) is 0 Å². The van der Waals surface area contributed by atoms with Crippen molar-refractivity contribution in [3.8, 4) is 0 Å². The van der Waals surface area contributed by atoms with E-state index in [2.05, 4.69) is 6.07 Å². The summed E-state index contributed by atoms with van der Waals surface area (Å²) in [4.78, 5) is 12.2. The lowest BCUT2D eigenvalue weighted by Crippen LogP contribution is -2.06. The lowest BCUT2D eigenvalue weighted by Gasteiger charge is -2.07. The Bertz CT molecular complexity index is 262. The molecule has 1 aliphatic rings.